The lowest BCUT2D eigenvalue weighted by Gasteiger charge is -2.42. The Labute approximate surface area is 85.1 Å². The Morgan fingerprint density at radius 3 is 2.79 bits per heavy atom. The predicted octanol–water partition coefficient (Wildman–Crippen LogP) is 1.59. The Hall–Kier alpha value is -1.09. The third kappa shape index (κ3) is 2.04. The second kappa shape index (κ2) is 3.96. The van der Waals surface area contributed by atoms with Gasteiger partial charge in [-0.3, -0.25) is 4.90 Å². The van der Waals surface area contributed by atoms with Gasteiger partial charge in [0.1, 0.15) is 5.82 Å². The number of nitrogens with one attached hydrogen (secondary N) is 1. The van der Waals surface area contributed by atoms with Gasteiger partial charge in [0.05, 0.1) is 6.04 Å². The fraction of sp³-hybridized carbons (Fsp3) is 0.545. The van der Waals surface area contributed by atoms with Crippen LogP contribution in [0.25, 0.3) is 0 Å². The minimum absolute atomic E-state index is 0.576. The normalized spacial score (nSPS) is 18.2. The first kappa shape index (κ1) is 9.46. The summed E-state index contributed by atoms with van der Waals surface area (Å²) in [6.07, 6.45) is 1.82. The Morgan fingerprint density at radius 2 is 2.21 bits per heavy atom. The lowest BCUT2D eigenvalue weighted by Crippen LogP contribution is -2.57. The molecule has 0 amide bonds. The van der Waals surface area contributed by atoms with E-state index in [0.29, 0.717) is 12.1 Å². The molecule has 3 heteroatoms. The van der Waals surface area contributed by atoms with E-state index in [1.165, 1.54) is 0 Å². The second-order valence-corrected chi connectivity index (χ2v) is 4.10. The quantitative estimate of drug-likeness (QED) is 0.786. The molecule has 1 fully saturated rings. The number of nitrogens with zero attached hydrogens (tertiary/aromatic N) is 2. The molecule has 1 aromatic heterocycles. The predicted molar refractivity (Wildman–Crippen MR) is 58.4 cm³/mol. The van der Waals surface area contributed by atoms with Gasteiger partial charge in [-0.25, -0.2) is 4.98 Å². The van der Waals surface area contributed by atoms with Crippen LogP contribution in [0.4, 0.5) is 5.82 Å². The van der Waals surface area contributed by atoms with Gasteiger partial charge in [-0.2, -0.15) is 0 Å². The lowest BCUT2D eigenvalue weighted by molar-refractivity contribution is 0.122. The van der Waals surface area contributed by atoms with E-state index < -0.39 is 0 Å². The summed E-state index contributed by atoms with van der Waals surface area (Å²) in [5.74, 6) is 0.987. The molecule has 0 radical (unpaired) electrons. The third-order valence-electron chi connectivity index (χ3n) is 2.66. The van der Waals surface area contributed by atoms with Crippen LogP contribution >= 0.6 is 0 Å². The van der Waals surface area contributed by atoms with Gasteiger partial charge in [-0.05, 0) is 26.0 Å². The Balaban J connectivity index is 1.80. The van der Waals surface area contributed by atoms with E-state index in [-0.39, 0.29) is 0 Å². The molecule has 3 nitrogen and oxygen atoms in total. The molecule has 14 heavy (non-hydrogen) atoms. The summed E-state index contributed by atoms with van der Waals surface area (Å²) in [4.78, 5) is 6.69. The van der Waals surface area contributed by atoms with Gasteiger partial charge in [0.2, 0.25) is 0 Å². The highest BCUT2D eigenvalue weighted by Crippen LogP contribution is 2.15. The molecule has 0 aliphatic carbocycles. The maximum absolute atomic E-state index is 4.24. The Bertz CT molecular complexity index is 278. The highest BCUT2D eigenvalue weighted by molar-refractivity contribution is 5.35. The zero-order valence-corrected chi connectivity index (χ0v) is 8.77. The summed E-state index contributed by atoms with van der Waals surface area (Å²) in [5.41, 5.74) is 0. The van der Waals surface area contributed by atoms with Crippen molar-refractivity contribution in [1.29, 1.82) is 0 Å². The maximum Gasteiger partial charge on any atom is 0.126 e. The van der Waals surface area contributed by atoms with E-state index in [4.69, 9.17) is 0 Å². The highest BCUT2D eigenvalue weighted by Gasteiger charge is 2.28. The molecule has 0 atom stereocenters. The molecule has 0 bridgehead atoms. The van der Waals surface area contributed by atoms with Crippen molar-refractivity contribution in [3.63, 3.8) is 0 Å². The summed E-state index contributed by atoms with van der Waals surface area (Å²) >= 11 is 0. The van der Waals surface area contributed by atoms with Crippen molar-refractivity contribution in [2.75, 3.05) is 18.4 Å². The number of hydrogen-bond donors (Lipinski definition) is 1. The number of rotatable bonds is 3. The fourth-order valence-corrected chi connectivity index (χ4v) is 1.68. The number of hydrogen-bond acceptors (Lipinski definition) is 3. The minimum Gasteiger partial charge on any atom is -0.365 e. The maximum atomic E-state index is 4.24. The van der Waals surface area contributed by atoms with E-state index in [0.717, 1.165) is 18.9 Å². The van der Waals surface area contributed by atoms with Crippen LogP contribution in [0, 0.1) is 0 Å². The van der Waals surface area contributed by atoms with Crippen molar-refractivity contribution in [2.24, 2.45) is 0 Å². The van der Waals surface area contributed by atoms with Crippen LogP contribution in [-0.2, 0) is 0 Å². The summed E-state index contributed by atoms with van der Waals surface area (Å²) in [7, 11) is 0. The summed E-state index contributed by atoms with van der Waals surface area (Å²) in [6, 6.07) is 7.20. The second-order valence-electron chi connectivity index (χ2n) is 4.10. The Kier molecular flexibility index (Phi) is 2.68. The van der Waals surface area contributed by atoms with Gasteiger partial charge in [0.15, 0.2) is 0 Å². The Morgan fingerprint density at radius 1 is 1.43 bits per heavy atom. The molecule has 0 unspecified atom stereocenters. The average molecular weight is 191 g/mol. The first-order valence-electron chi connectivity index (χ1n) is 5.17. The van der Waals surface area contributed by atoms with Crippen molar-refractivity contribution in [3.8, 4) is 0 Å². The van der Waals surface area contributed by atoms with Crippen LogP contribution in [0.1, 0.15) is 13.8 Å². The van der Waals surface area contributed by atoms with Crippen LogP contribution in [0.15, 0.2) is 24.4 Å². The van der Waals surface area contributed by atoms with Crippen molar-refractivity contribution >= 4 is 5.82 Å². The monoisotopic (exact) mass is 191 g/mol. The number of pyridine rings is 1. The standard InChI is InChI=1S/C11H17N3/c1-9(2)14-7-10(8-14)13-11-5-3-4-6-12-11/h3-6,9-10H,7-8H2,1-2H3,(H,12,13). The molecule has 1 aromatic rings. The van der Waals surface area contributed by atoms with Crippen LogP contribution in [-0.4, -0.2) is 35.1 Å². The molecule has 1 saturated heterocycles. The van der Waals surface area contributed by atoms with E-state index in [2.05, 4.69) is 29.0 Å². The highest BCUT2D eigenvalue weighted by atomic mass is 15.3. The molecule has 76 valence electrons. The van der Waals surface area contributed by atoms with Crippen molar-refractivity contribution in [2.45, 2.75) is 25.9 Å². The molecule has 0 spiro atoms. The van der Waals surface area contributed by atoms with Crippen molar-refractivity contribution in [3.05, 3.63) is 24.4 Å². The van der Waals surface area contributed by atoms with Crippen molar-refractivity contribution in [1.82, 2.24) is 9.88 Å². The molecule has 1 aliphatic heterocycles. The topological polar surface area (TPSA) is 28.2 Å². The molecule has 0 aromatic carbocycles. The summed E-state index contributed by atoms with van der Waals surface area (Å²) < 4.78 is 0. The molecule has 2 rings (SSSR count). The smallest absolute Gasteiger partial charge is 0.126 e. The zero-order chi connectivity index (χ0) is 9.97. The average Bonchev–Trinajstić information content (AvgIpc) is 2.12. The van der Waals surface area contributed by atoms with Gasteiger partial charge in [-0.15, -0.1) is 0 Å². The first-order valence-corrected chi connectivity index (χ1v) is 5.17. The fourth-order valence-electron chi connectivity index (χ4n) is 1.68. The first-order chi connectivity index (χ1) is 6.75. The van der Waals surface area contributed by atoms with Crippen LogP contribution in [0.2, 0.25) is 0 Å². The van der Waals surface area contributed by atoms with Gasteiger partial charge in [0.25, 0.3) is 0 Å². The number of likely N-dealkylation sites (tertiary alicyclic amines) is 1. The molecule has 0 saturated carbocycles. The molecular weight excluding hydrogens is 174 g/mol. The summed E-state index contributed by atoms with van der Waals surface area (Å²) in [5, 5.41) is 3.41. The van der Waals surface area contributed by atoms with Gasteiger partial charge < -0.3 is 5.32 Å². The van der Waals surface area contributed by atoms with E-state index in [1.807, 2.05) is 24.4 Å². The van der Waals surface area contributed by atoms with Crippen molar-refractivity contribution < 1.29 is 0 Å². The molecule has 1 N–H and O–H groups in total. The van der Waals surface area contributed by atoms with E-state index >= 15 is 0 Å². The van der Waals surface area contributed by atoms with Crippen LogP contribution < -0.4 is 5.32 Å². The van der Waals surface area contributed by atoms with Gasteiger partial charge in [0, 0.05) is 25.3 Å². The largest absolute Gasteiger partial charge is 0.365 e. The van der Waals surface area contributed by atoms with Crippen LogP contribution in [0.3, 0.4) is 0 Å². The lowest BCUT2D eigenvalue weighted by atomic mass is 10.1. The minimum atomic E-state index is 0.576. The number of anilines is 1. The molecule has 1 aliphatic rings. The third-order valence-corrected chi connectivity index (χ3v) is 2.66. The van der Waals surface area contributed by atoms with E-state index in [1.54, 1.807) is 0 Å². The number of aromatic nitrogens is 1. The molecular formula is C11H17N3. The summed E-state index contributed by atoms with van der Waals surface area (Å²) in [6.45, 7) is 6.73. The van der Waals surface area contributed by atoms with Gasteiger partial charge >= 0.3 is 0 Å². The SMILES string of the molecule is CC(C)N1CC(Nc2ccccn2)C1. The van der Waals surface area contributed by atoms with Crippen LogP contribution in [0.5, 0.6) is 0 Å². The van der Waals surface area contributed by atoms with E-state index in [9.17, 15) is 0 Å². The molecule has 2 heterocycles. The van der Waals surface area contributed by atoms with Gasteiger partial charge in [-0.1, -0.05) is 6.07 Å². The zero-order valence-electron chi connectivity index (χ0n) is 8.77.